The number of hydrogen-bond donors (Lipinski definition) is 0. The maximum atomic E-state index is 12.7. The van der Waals surface area contributed by atoms with Crippen LogP contribution in [0.5, 0.6) is 0 Å². The molecule has 0 spiro atoms. The summed E-state index contributed by atoms with van der Waals surface area (Å²) in [6.07, 6.45) is 5.63. The molecule has 6 heteroatoms. The number of piperidine rings is 1. The summed E-state index contributed by atoms with van der Waals surface area (Å²) in [6, 6.07) is 7.71. The number of benzene rings is 1. The third-order valence-electron chi connectivity index (χ3n) is 5.07. The molecule has 1 amide bonds. The summed E-state index contributed by atoms with van der Waals surface area (Å²) in [5, 5.41) is 0.815. The number of nitrogens with zero attached hydrogens (tertiary/aromatic N) is 3. The van der Waals surface area contributed by atoms with Crippen molar-refractivity contribution in [2.75, 3.05) is 6.54 Å². The maximum Gasteiger partial charge on any atom is 0.297 e. The monoisotopic (exact) mass is 339 g/mol. The zero-order valence-electron chi connectivity index (χ0n) is 14.3. The van der Waals surface area contributed by atoms with Gasteiger partial charge in [-0.25, -0.2) is 4.98 Å². The fourth-order valence-corrected chi connectivity index (χ4v) is 3.72. The van der Waals surface area contributed by atoms with Crippen LogP contribution in [0.3, 0.4) is 0 Å². The lowest BCUT2D eigenvalue weighted by molar-refractivity contribution is -0.135. The first kappa shape index (κ1) is 15.9. The molecule has 0 saturated carbocycles. The van der Waals surface area contributed by atoms with Gasteiger partial charge in [-0.1, -0.05) is 19.1 Å². The summed E-state index contributed by atoms with van der Waals surface area (Å²) in [5.41, 5.74) is 1.09. The third-order valence-corrected chi connectivity index (χ3v) is 5.07. The average Bonchev–Trinajstić information content (AvgIpc) is 3.03. The molecule has 0 unspecified atom stereocenters. The molecule has 6 nitrogen and oxygen atoms in total. The van der Waals surface area contributed by atoms with E-state index in [1.54, 1.807) is 0 Å². The zero-order chi connectivity index (χ0) is 17.4. The molecule has 2 aromatic heterocycles. The van der Waals surface area contributed by atoms with Gasteiger partial charge in [-0.2, -0.15) is 0 Å². The van der Waals surface area contributed by atoms with Gasteiger partial charge in [-0.15, -0.1) is 0 Å². The number of para-hydroxylation sites is 1. The largest absolute Gasteiger partial charge is 0.448 e. The fraction of sp³-hybridized carbons (Fsp3) is 0.421. The summed E-state index contributed by atoms with van der Waals surface area (Å²) >= 11 is 0. The van der Waals surface area contributed by atoms with E-state index < -0.39 is 0 Å². The van der Waals surface area contributed by atoms with Crippen LogP contribution >= 0.6 is 0 Å². The first-order valence-electron chi connectivity index (χ1n) is 8.85. The fourth-order valence-electron chi connectivity index (χ4n) is 3.72. The predicted octanol–water partition coefficient (Wildman–Crippen LogP) is 2.93. The second-order valence-corrected chi connectivity index (χ2v) is 6.60. The van der Waals surface area contributed by atoms with Gasteiger partial charge in [0.15, 0.2) is 0 Å². The number of carbonyl (C=O) groups is 1. The molecule has 1 atom stereocenters. The van der Waals surface area contributed by atoms with Gasteiger partial charge >= 0.3 is 0 Å². The van der Waals surface area contributed by atoms with Crippen LogP contribution in [-0.4, -0.2) is 32.9 Å². The summed E-state index contributed by atoms with van der Waals surface area (Å²) in [6.45, 7) is 2.88. The Morgan fingerprint density at radius 1 is 1.32 bits per heavy atom. The standard InChI is InChI=1S/C19H21N3O3/c1-2-13-7-5-6-10-22(13)16(23)11-21-12-20-17-14-8-3-4-9-15(14)25-18(17)19(21)24/h3-4,8-9,12-13H,2,5-7,10-11H2,1H3/t13-/m0/s1. The van der Waals surface area contributed by atoms with Gasteiger partial charge in [-0.05, 0) is 37.8 Å². The van der Waals surface area contributed by atoms with Gasteiger partial charge in [0.1, 0.15) is 17.6 Å². The second-order valence-electron chi connectivity index (χ2n) is 6.60. The average molecular weight is 339 g/mol. The Morgan fingerprint density at radius 3 is 3.00 bits per heavy atom. The van der Waals surface area contributed by atoms with Crippen LogP contribution in [0.4, 0.5) is 0 Å². The predicted molar refractivity (Wildman–Crippen MR) is 95.4 cm³/mol. The van der Waals surface area contributed by atoms with Crippen LogP contribution in [0.25, 0.3) is 22.1 Å². The first-order valence-corrected chi connectivity index (χ1v) is 8.85. The summed E-state index contributed by atoms with van der Waals surface area (Å²) < 4.78 is 7.03. The van der Waals surface area contributed by atoms with Crippen molar-refractivity contribution < 1.29 is 9.21 Å². The molecule has 0 aliphatic carbocycles. The topological polar surface area (TPSA) is 68.3 Å². The van der Waals surface area contributed by atoms with Crippen LogP contribution in [0.2, 0.25) is 0 Å². The summed E-state index contributed by atoms with van der Waals surface area (Å²) in [4.78, 5) is 31.7. The number of hydrogen-bond acceptors (Lipinski definition) is 4. The van der Waals surface area contributed by atoms with Gasteiger partial charge in [0, 0.05) is 18.0 Å². The first-order chi connectivity index (χ1) is 12.2. The Morgan fingerprint density at radius 2 is 2.16 bits per heavy atom. The normalized spacial score (nSPS) is 18.1. The van der Waals surface area contributed by atoms with Crippen LogP contribution in [-0.2, 0) is 11.3 Å². The quantitative estimate of drug-likeness (QED) is 0.736. The van der Waals surface area contributed by atoms with E-state index in [1.807, 2.05) is 29.2 Å². The maximum absolute atomic E-state index is 12.7. The molecule has 0 N–H and O–H groups in total. The number of furan rings is 1. The Hall–Kier alpha value is -2.63. The lowest BCUT2D eigenvalue weighted by atomic mass is 10.00. The Balaban J connectivity index is 1.67. The van der Waals surface area contributed by atoms with E-state index in [1.165, 1.54) is 10.9 Å². The van der Waals surface area contributed by atoms with Crippen molar-refractivity contribution in [2.45, 2.75) is 45.2 Å². The van der Waals surface area contributed by atoms with Gasteiger partial charge in [0.25, 0.3) is 5.56 Å². The molecule has 1 aliphatic rings. The van der Waals surface area contributed by atoms with Crippen LogP contribution in [0.15, 0.2) is 39.8 Å². The smallest absolute Gasteiger partial charge is 0.297 e. The van der Waals surface area contributed by atoms with E-state index in [0.717, 1.165) is 37.6 Å². The highest BCUT2D eigenvalue weighted by Gasteiger charge is 2.26. The Bertz CT molecular complexity index is 988. The molecule has 3 aromatic rings. The van der Waals surface area contributed by atoms with E-state index >= 15 is 0 Å². The van der Waals surface area contributed by atoms with Crippen molar-refractivity contribution in [3.05, 3.63) is 40.9 Å². The minimum Gasteiger partial charge on any atom is -0.448 e. The number of amides is 1. The number of aromatic nitrogens is 2. The number of rotatable bonds is 3. The van der Waals surface area contributed by atoms with E-state index in [9.17, 15) is 9.59 Å². The number of likely N-dealkylation sites (tertiary alicyclic amines) is 1. The molecular formula is C19H21N3O3. The van der Waals surface area contributed by atoms with Crippen LogP contribution < -0.4 is 5.56 Å². The molecular weight excluding hydrogens is 318 g/mol. The van der Waals surface area contributed by atoms with Gasteiger partial charge in [0.2, 0.25) is 11.5 Å². The van der Waals surface area contributed by atoms with Crippen molar-refractivity contribution in [3.63, 3.8) is 0 Å². The lowest BCUT2D eigenvalue weighted by Crippen LogP contribution is -2.45. The van der Waals surface area contributed by atoms with Gasteiger partial charge in [-0.3, -0.25) is 14.2 Å². The zero-order valence-corrected chi connectivity index (χ0v) is 14.3. The van der Waals surface area contributed by atoms with Crippen molar-refractivity contribution in [1.82, 2.24) is 14.5 Å². The highest BCUT2D eigenvalue weighted by Crippen LogP contribution is 2.24. The summed E-state index contributed by atoms with van der Waals surface area (Å²) in [7, 11) is 0. The van der Waals surface area contributed by atoms with Crippen molar-refractivity contribution in [3.8, 4) is 0 Å². The molecule has 4 rings (SSSR count). The summed E-state index contributed by atoms with van der Waals surface area (Å²) in [5.74, 6) is -0.0223. The molecule has 1 aromatic carbocycles. The van der Waals surface area contributed by atoms with E-state index in [-0.39, 0.29) is 29.6 Å². The Kier molecular flexibility index (Phi) is 4.03. The number of fused-ring (bicyclic) bond motifs is 3. The minimum atomic E-state index is -0.306. The molecule has 0 radical (unpaired) electrons. The highest BCUT2D eigenvalue weighted by atomic mass is 16.3. The molecule has 1 saturated heterocycles. The van der Waals surface area contributed by atoms with E-state index in [0.29, 0.717) is 11.1 Å². The SMILES string of the molecule is CC[C@H]1CCCCN1C(=O)Cn1cnc2c(oc3ccccc32)c1=O. The minimum absolute atomic E-state index is 0.00924. The van der Waals surface area contributed by atoms with Gasteiger partial charge < -0.3 is 9.32 Å². The van der Waals surface area contributed by atoms with Crippen LogP contribution in [0, 0.1) is 0 Å². The van der Waals surface area contributed by atoms with Crippen molar-refractivity contribution in [2.24, 2.45) is 0 Å². The molecule has 3 heterocycles. The second kappa shape index (κ2) is 6.35. The van der Waals surface area contributed by atoms with Gasteiger partial charge in [0.05, 0.1) is 6.33 Å². The molecule has 25 heavy (non-hydrogen) atoms. The van der Waals surface area contributed by atoms with E-state index in [4.69, 9.17) is 4.42 Å². The molecule has 1 aliphatic heterocycles. The number of carbonyl (C=O) groups excluding carboxylic acids is 1. The molecule has 0 bridgehead atoms. The highest BCUT2D eigenvalue weighted by molar-refractivity contribution is 6.01. The lowest BCUT2D eigenvalue weighted by Gasteiger charge is -2.35. The van der Waals surface area contributed by atoms with Crippen molar-refractivity contribution in [1.29, 1.82) is 0 Å². The van der Waals surface area contributed by atoms with E-state index in [2.05, 4.69) is 11.9 Å². The molecule has 1 fully saturated rings. The van der Waals surface area contributed by atoms with Crippen molar-refractivity contribution >= 4 is 28.0 Å². The molecule has 130 valence electrons. The van der Waals surface area contributed by atoms with Crippen LogP contribution in [0.1, 0.15) is 32.6 Å². The third kappa shape index (κ3) is 2.71. The Labute approximate surface area is 145 Å².